The van der Waals surface area contributed by atoms with Crippen molar-refractivity contribution in [1.29, 1.82) is 0 Å². The third-order valence-electron chi connectivity index (χ3n) is 4.13. The summed E-state index contributed by atoms with van der Waals surface area (Å²) >= 11 is 5.99. The maximum atomic E-state index is 12.7. The van der Waals surface area contributed by atoms with Gasteiger partial charge in [-0.3, -0.25) is 4.79 Å². The lowest BCUT2D eigenvalue weighted by Gasteiger charge is -2.25. The number of methoxy groups -OCH3 is 1. The maximum Gasteiger partial charge on any atom is 0.169 e. The number of halogens is 1. The van der Waals surface area contributed by atoms with Gasteiger partial charge in [0.1, 0.15) is 5.75 Å². The van der Waals surface area contributed by atoms with Crippen molar-refractivity contribution in [2.75, 3.05) is 7.11 Å². The van der Waals surface area contributed by atoms with Gasteiger partial charge in [-0.25, -0.2) is 0 Å². The molecule has 0 heterocycles. The summed E-state index contributed by atoms with van der Waals surface area (Å²) in [5.74, 6) is 0.823. The summed E-state index contributed by atoms with van der Waals surface area (Å²) < 4.78 is 5.18. The molecule has 0 saturated heterocycles. The smallest absolute Gasteiger partial charge is 0.169 e. The van der Waals surface area contributed by atoms with E-state index in [-0.39, 0.29) is 11.2 Å². The van der Waals surface area contributed by atoms with E-state index in [1.165, 1.54) is 0 Å². The molecule has 2 rings (SSSR count). The van der Waals surface area contributed by atoms with Crippen LogP contribution in [0.25, 0.3) is 0 Å². The van der Waals surface area contributed by atoms with Crippen LogP contribution in [-0.4, -0.2) is 12.9 Å². The minimum Gasteiger partial charge on any atom is -0.495 e. The van der Waals surface area contributed by atoms with E-state index in [2.05, 4.69) is 6.92 Å². The van der Waals surface area contributed by atoms with E-state index < -0.39 is 0 Å². The molecule has 0 aliphatic heterocycles. The van der Waals surface area contributed by atoms with Gasteiger partial charge < -0.3 is 4.74 Å². The van der Waals surface area contributed by atoms with Crippen molar-refractivity contribution >= 4 is 17.4 Å². The van der Waals surface area contributed by atoms with E-state index in [0.29, 0.717) is 10.8 Å². The molecule has 0 aromatic heterocycles. The number of rotatable bonds is 4. The Labute approximate surface area is 113 Å². The number of carbonyl (C=O) groups excluding carboxylic acids is 1. The summed E-state index contributed by atoms with van der Waals surface area (Å²) in [6.45, 7) is 2.11. The summed E-state index contributed by atoms with van der Waals surface area (Å²) in [7, 11) is 1.57. The van der Waals surface area contributed by atoms with Crippen LogP contribution in [0.5, 0.6) is 5.75 Å². The number of Topliss-reactive ketones (excluding diaryl/α,β-unsaturated/α-hetero) is 1. The van der Waals surface area contributed by atoms with Gasteiger partial charge in [0, 0.05) is 11.0 Å². The van der Waals surface area contributed by atoms with Crippen LogP contribution in [0.2, 0.25) is 5.02 Å². The van der Waals surface area contributed by atoms with Crippen LogP contribution >= 0.6 is 11.6 Å². The first kappa shape index (κ1) is 13.4. The molecule has 1 aliphatic carbocycles. The quantitative estimate of drug-likeness (QED) is 0.750. The normalized spacial score (nSPS) is 17.7. The molecule has 1 aliphatic rings. The van der Waals surface area contributed by atoms with Crippen molar-refractivity contribution in [3.63, 3.8) is 0 Å². The molecule has 1 aromatic carbocycles. The molecule has 0 bridgehead atoms. The molecule has 0 unspecified atom stereocenters. The summed E-state index contributed by atoms with van der Waals surface area (Å²) in [5, 5.41) is 0.547. The highest BCUT2D eigenvalue weighted by Gasteiger charge is 2.39. The number of carbonyl (C=O) groups is 1. The number of hydrogen-bond donors (Lipinski definition) is 0. The zero-order valence-corrected chi connectivity index (χ0v) is 11.7. The SMILES string of the molecule is CCC1(C(=O)c2ccc(Cl)c(OC)c2)CCCC1. The molecular formula is C15H19ClO2. The van der Waals surface area contributed by atoms with Crippen LogP contribution in [0.4, 0.5) is 0 Å². The fraction of sp³-hybridized carbons (Fsp3) is 0.533. The van der Waals surface area contributed by atoms with Crippen molar-refractivity contribution in [2.24, 2.45) is 5.41 Å². The second-order valence-corrected chi connectivity index (χ2v) is 5.43. The Morgan fingerprint density at radius 1 is 1.39 bits per heavy atom. The Bertz CT molecular complexity index is 448. The van der Waals surface area contributed by atoms with Crippen molar-refractivity contribution in [1.82, 2.24) is 0 Å². The van der Waals surface area contributed by atoms with Crippen molar-refractivity contribution in [3.8, 4) is 5.75 Å². The number of ketones is 1. The maximum absolute atomic E-state index is 12.7. The highest BCUT2D eigenvalue weighted by atomic mass is 35.5. The summed E-state index contributed by atoms with van der Waals surface area (Å²) in [5.41, 5.74) is 0.568. The molecule has 2 nitrogen and oxygen atoms in total. The Hall–Kier alpha value is -1.02. The minimum atomic E-state index is -0.154. The zero-order chi connectivity index (χ0) is 13.2. The van der Waals surface area contributed by atoms with E-state index in [4.69, 9.17) is 16.3 Å². The molecule has 1 fully saturated rings. The Balaban J connectivity index is 2.33. The second-order valence-electron chi connectivity index (χ2n) is 5.02. The standard InChI is InChI=1S/C15H19ClO2/c1-3-15(8-4-5-9-15)14(17)11-6-7-12(16)13(10-11)18-2/h6-7,10H,3-5,8-9H2,1-2H3. The second kappa shape index (κ2) is 5.31. The Morgan fingerprint density at radius 2 is 2.06 bits per heavy atom. The first-order chi connectivity index (χ1) is 8.63. The van der Waals surface area contributed by atoms with Crippen LogP contribution in [0.1, 0.15) is 49.4 Å². The van der Waals surface area contributed by atoms with E-state index >= 15 is 0 Å². The van der Waals surface area contributed by atoms with Crippen molar-refractivity contribution < 1.29 is 9.53 Å². The van der Waals surface area contributed by atoms with Gasteiger partial charge in [0.05, 0.1) is 12.1 Å². The predicted molar refractivity (Wildman–Crippen MR) is 73.5 cm³/mol. The van der Waals surface area contributed by atoms with Gasteiger partial charge in [0.25, 0.3) is 0 Å². The molecule has 0 amide bonds. The average molecular weight is 267 g/mol. The highest BCUT2D eigenvalue weighted by molar-refractivity contribution is 6.32. The predicted octanol–water partition coefficient (Wildman–Crippen LogP) is 4.50. The van der Waals surface area contributed by atoms with Crippen molar-refractivity contribution in [3.05, 3.63) is 28.8 Å². The largest absolute Gasteiger partial charge is 0.495 e. The van der Waals surface area contributed by atoms with Gasteiger partial charge in [-0.1, -0.05) is 31.4 Å². The first-order valence-corrected chi connectivity index (χ1v) is 6.89. The van der Waals surface area contributed by atoms with Crippen LogP contribution < -0.4 is 4.74 Å². The molecule has 98 valence electrons. The number of benzene rings is 1. The molecule has 1 saturated carbocycles. The minimum absolute atomic E-state index is 0.154. The Kier molecular flexibility index (Phi) is 3.96. The molecule has 0 N–H and O–H groups in total. The van der Waals surface area contributed by atoms with Gasteiger partial charge in [-0.2, -0.15) is 0 Å². The number of hydrogen-bond acceptors (Lipinski definition) is 2. The summed E-state index contributed by atoms with van der Waals surface area (Å²) in [6, 6.07) is 5.31. The summed E-state index contributed by atoms with van der Waals surface area (Å²) in [6.07, 6.45) is 5.24. The lowest BCUT2D eigenvalue weighted by Crippen LogP contribution is -2.27. The van der Waals surface area contributed by atoms with Gasteiger partial charge in [-0.15, -0.1) is 0 Å². The molecule has 0 atom stereocenters. The molecule has 3 heteroatoms. The van der Waals surface area contributed by atoms with E-state index in [1.807, 2.05) is 6.07 Å². The lowest BCUT2D eigenvalue weighted by molar-refractivity contribution is 0.0791. The topological polar surface area (TPSA) is 26.3 Å². The van der Waals surface area contributed by atoms with Gasteiger partial charge in [0.15, 0.2) is 5.78 Å². The lowest BCUT2D eigenvalue weighted by atomic mass is 9.76. The molecule has 0 radical (unpaired) electrons. The monoisotopic (exact) mass is 266 g/mol. The van der Waals surface area contributed by atoms with Crippen LogP contribution in [0.3, 0.4) is 0 Å². The van der Waals surface area contributed by atoms with Gasteiger partial charge >= 0.3 is 0 Å². The first-order valence-electron chi connectivity index (χ1n) is 6.51. The molecular weight excluding hydrogens is 248 g/mol. The van der Waals surface area contributed by atoms with Crippen LogP contribution in [-0.2, 0) is 0 Å². The molecule has 18 heavy (non-hydrogen) atoms. The highest BCUT2D eigenvalue weighted by Crippen LogP contribution is 2.44. The van der Waals surface area contributed by atoms with E-state index in [0.717, 1.165) is 37.7 Å². The van der Waals surface area contributed by atoms with Gasteiger partial charge in [0.2, 0.25) is 0 Å². The average Bonchev–Trinajstić information content (AvgIpc) is 2.88. The fourth-order valence-corrected chi connectivity index (χ4v) is 3.09. The van der Waals surface area contributed by atoms with Crippen molar-refractivity contribution in [2.45, 2.75) is 39.0 Å². The summed E-state index contributed by atoms with van der Waals surface area (Å²) in [4.78, 5) is 12.7. The molecule has 1 aromatic rings. The van der Waals surface area contributed by atoms with E-state index in [9.17, 15) is 4.79 Å². The zero-order valence-electron chi connectivity index (χ0n) is 11.0. The third-order valence-corrected chi connectivity index (χ3v) is 4.44. The van der Waals surface area contributed by atoms with Gasteiger partial charge in [-0.05, 0) is 37.5 Å². The third kappa shape index (κ3) is 2.26. The molecule has 0 spiro atoms. The van der Waals surface area contributed by atoms with E-state index in [1.54, 1.807) is 19.2 Å². The fourth-order valence-electron chi connectivity index (χ4n) is 2.90. The number of ether oxygens (including phenoxy) is 1. The Morgan fingerprint density at radius 3 is 2.61 bits per heavy atom. The van der Waals surface area contributed by atoms with Crippen LogP contribution in [0.15, 0.2) is 18.2 Å². The van der Waals surface area contributed by atoms with Crippen LogP contribution in [0, 0.1) is 5.41 Å².